The van der Waals surface area contributed by atoms with E-state index in [2.05, 4.69) is 33.5 Å². The number of hydrogen-bond acceptors (Lipinski definition) is 2. The third-order valence-corrected chi connectivity index (χ3v) is 4.50. The summed E-state index contributed by atoms with van der Waals surface area (Å²) in [4.78, 5) is 12.3. The van der Waals surface area contributed by atoms with E-state index in [4.69, 9.17) is 11.6 Å². The molecule has 0 aromatic heterocycles. The minimum Gasteiger partial charge on any atom is -0.349 e. The van der Waals surface area contributed by atoms with Crippen molar-refractivity contribution in [2.75, 3.05) is 13.1 Å². The molecule has 20 heavy (non-hydrogen) atoms. The van der Waals surface area contributed by atoms with Gasteiger partial charge in [0.1, 0.15) is 0 Å². The van der Waals surface area contributed by atoms with Crippen LogP contribution < -0.4 is 10.6 Å². The summed E-state index contributed by atoms with van der Waals surface area (Å²) in [6, 6.07) is 5.40. The Morgan fingerprint density at radius 3 is 2.95 bits per heavy atom. The topological polar surface area (TPSA) is 41.1 Å². The van der Waals surface area contributed by atoms with Crippen molar-refractivity contribution in [1.29, 1.82) is 0 Å². The molecule has 1 saturated heterocycles. The van der Waals surface area contributed by atoms with E-state index in [-0.39, 0.29) is 24.4 Å². The first-order chi connectivity index (χ1) is 9.08. The summed E-state index contributed by atoms with van der Waals surface area (Å²) in [5, 5.41) is 7.00. The molecule has 1 aromatic rings. The Balaban J connectivity index is 0.00000200. The largest absolute Gasteiger partial charge is 0.349 e. The van der Waals surface area contributed by atoms with Crippen molar-refractivity contribution >= 4 is 45.8 Å². The number of hydrogen-bond donors (Lipinski definition) is 2. The molecule has 0 spiro atoms. The van der Waals surface area contributed by atoms with Crippen molar-refractivity contribution in [1.82, 2.24) is 10.6 Å². The van der Waals surface area contributed by atoms with Crippen LogP contribution in [0, 0.1) is 5.92 Å². The first-order valence-corrected chi connectivity index (χ1v) is 7.71. The van der Waals surface area contributed by atoms with E-state index >= 15 is 0 Å². The lowest BCUT2D eigenvalue weighted by atomic mass is 9.92. The third-order valence-electron chi connectivity index (χ3n) is 3.57. The molecule has 2 atom stereocenters. The zero-order valence-corrected chi connectivity index (χ0v) is 14.4. The number of piperidine rings is 1. The number of benzene rings is 1. The van der Waals surface area contributed by atoms with Gasteiger partial charge in [-0.25, -0.2) is 0 Å². The summed E-state index contributed by atoms with van der Waals surface area (Å²) >= 11 is 9.32. The second-order valence-electron chi connectivity index (χ2n) is 4.99. The van der Waals surface area contributed by atoms with Crippen LogP contribution in [0.2, 0.25) is 5.02 Å². The predicted octanol–water partition coefficient (Wildman–Crippen LogP) is 3.64. The van der Waals surface area contributed by atoms with Crippen LogP contribution in [0.5, 0.6) is 0 Å². The van der Waals surface area contributed by atoms with Gasteiger partial charge in [0.25, 0.3) is 5.91 Å². The molecular weight excluding hydrogens is 363 g/mol. The smallest absolute Gasteiger partial charge is 0.252 e. The van der Waals surface area contributed by atoms with E-state index in [1.807, 2.05) is 0 Å². The predicted molar refractivity (Wildman–Crippen MR) is 88.9 cm³/mol. The molecule has 0 radical (unpaired) electrons. The molecule has 1 fully saturated rings. The first kappa shape index (κ1) is 17.8. The van der Waals surface area contributed by atoms with Crippen molar-refractivity contribution < 1.29 is 4.79 Å². The van der Waals surface area contributed by atoms with E-state index in [0.717, 1.165) is 24.0 Å². The maximum atomic E-state index is 12.3. The van der Waals surface area contributed by atoms with Crippen LogP contribution in [0.1, 0.15) is 30.1 Å². The standard InChI is InChI=1S/C14H18BrClN2O.ClH/c1-9(10-3-2-6-17-8-10)18-14(19)12-7-11(16)4-5-13(12)15;/h4-5,7,9-10,17H,2-3,6,8H2,1H3,(H,18,19);1H. The molecule has 2 N–H and O–H groups in total. The molecule has 0 saturated carbocycles. The van der Waals surface area contributed by atoms with Crippen LogP contribution >= 0.6 is 39.9 Å². The number of carbonyl (C=O) groups excluding carboxylic acids is 1. The second-order valence-corrected chi connectivity index (χ2v) is 6.28. The maximum absolute atomic E-state index is 12.3. The van der Waals surface area contributed by atoms with Crippen LogP contribution in [0.15, 0.2) is 22.7 Å². The van der Waals surface area contributed by atoms with E-state index in [9.17, 15) is 4.79 Å². The molecule has 1 aromatic carbocycles. The highest BCUT2D eigenvalue weighted by atomic mass is 79.9. The van der Waals surface area contributed by atoms with Gasteiger partial charge in [-0.2, -0.15) is 0 Å². The fourth-order valence-electron chi connectivity index (χ4n) is 2.38. The summed E-state index contributed by atoms with van der Waals surface area (Å²) in [7, 11) is 0. The summed E-state index contributed by atoms with van der Waals surface area (Å²) in [6.07, 6.45) is 2.33. The molecule has 2 unspecified atom stereocenters. The lowest BCUT2D eigenvalue weighted by Gasteiger charge is -2.29. The van der Waals surface area contributed by atoms with Crippen molar-refractivity contribution in [3.63, 3.8) is 0 Å². The summed E-state index contributed by atoms with van der Waals surface area (Å²) in [5.41, 5.74) is 0.586. The monoisotopic (exact) mass is 380 g/mol. The fraction of sp³-hybridized carbons (Fsp3) is 0.500. The van der Waals surface area contributed by atoms with Crippen molar-refractivity contribution in [2.24, 2.45) is 5.92 Å². The Morgan fingerprint density at radius 2 is 2.30 bits per heavy atom. The highest BCUT2D eigenvalue weighted by molar-refractivity contribution is 9.10. The van der Waals surface area contributed by atoms with Gasteiger partial charge in [0, 0.05) is 15.5 Å². The Bertz CT molecular complexity index is 464. The number of nitrogens with one attached hydrogen (secondary N) is 2. The van der Waals surface area contributed by atoms with Gasteiger partial charge in [-0.3, -0.25) is 4.79 Å². The van der Waals surface area contributed by atoms with Gasteiger partial charge >= 0.3 is 0 Å². The van der Waals surface area contributed by atoms with Gasteiger partial charge in [0.15, 0.2) is 0 Å². The average molecular weight is 382 g/mol. The van der Waals surface area contributed by atoms with Gasteiger partial charge in [0.2, 0.25) is 0 Å². The van der Waals surface area contributed by atoms with Crippen LogP contribution in [0.25, 0.3) is 0 Å². The minimum atomic E-state index is -0.0764. The van der Waals surface area contributed by atoms with Gasteiger partial charge in [-0.05, 0) is 72.9 Å². The Hall–Kier alpha value is -0.290. The molecule has 1 aliphatic heterocycles. The quantitative estimate of drug-likeness (QED) is 0.838. The van der Waals surface area contributed by atoms with Crippen LogP contribution in [-0.4, -0.2) is 25.0 Å². The highest BCUT2D eigenvalue weighted by Crippen LogP contribution is 2.22. The molecular formula is C14H19BrCl2N2O. The second kappa shape index (κ2) is 8.23. The zero-order valence-electron chi connectivity index (χ0n) is 11.3. The van der Waals surface area contributed by atoms with Crippen molar-refractivity contribution in [2.45, 2.75) is 25.8 Å². The number of halogens is 3. The number of carbonyl (C=O) groups is 1. The third kappa shape index (κ3) is 4.62. The normalized spacial score (nSPS) is 19.9. The lowest BCUT2D eigenvalue weighted by Crippen LogP contribution is -2.44. The van der Waals surface area contributed by atoms with E-state index in [1.54, 1.807) is 18.2 Å². The Kier molecular flexibility index (Phi) is 7.30. The van der Waals surface area contributed by atoms with Crippen LogP contribution in [0.4, 0.5) is 0 Å². The lowest BCUT2D eigenvalue weighted by molar-refractivity contribution is 0.0921. The van der Waals surface area contributed by atoms with Crippen LogP contribution in [0.3, 0.4) is 0 Å². The summed E-state index contributed by atoms with van der Waals surface area (Å²) < 4.78 is 0.767. The molecule has 1 heterocycles. The number of rotatable bonds is 3. The Labute approximate surface area is 139 Å². The fourth-order valence-corrected chi connectivity index (χ4v) is 2.98. The zero-order chi connectivity index (χ0) is 13.8. The SMILES string of the molecule is CC(NC(=O)c1cc(Cl)ccc1Br)C1CCCNC1.Cl. The van der Waals surface area contributed by atoms with E-state index < -0.39 is 0 Å². The molecule has 3 nitrogen and oxygen atoms in total. The van der Waals surface area contributed by atoms with Crippen molar-refractivity contribution in [3.8, 4) is 0 Å². The van der Waals surface area contributed by atoms with Gasteiger partial charge in [-0.15, -0.1) is 12.4 Å². The summed E-state index contributed by atoms with van der Waals surface area (Å²) in [5.74, 6) is 0.420. The van der Waals surface area contributed by atoms with Crippen LogP contribution in [-0.2, 0) is 0 Å². The molecule has 0 bridgehead atoms. The maximum Gasteiger partial charge on any atom is 0.252 e. The molecule has 0 aliphatic carbocycles. The molecule has 2 rings (SSSR count). The molecule has 1 amide bonds. The molecule has 6 heteroatoms. The summed E-state index contributed by atoms with van der Waals surface area (Å²) in [6.45, 7) is 4.11. The van der Waals surface area contributed by atoms with E-state index in [1.165, 1.54) is 6.42 Å². The van der Waals surface area contributed by atoms with Gasteiger partial charge in [-0.1, -0.05) is 11.6 Å². The van der Waals surface area contributed by atoms with Gasteiger partial charge < -0.3 is 10.6 Å². The first-order valence-electron chi connectivity index (χ1n) is 6.54. The van der Waals surface area contributed by atoms with Crippen molar-refractivity contribution in [3.05, 3.63) is 33.3 Å². The molecule has 112 valence electrons. The average Bonchev–Trinajstić information content (AvgIpc) is 2.42. The number of amides is 1. The Morgan fingerprint density at radius 1 is 1.55 bits per heavy atom. The molecule has 1 aliphatic rings. The highest BCUT2D eigenvalue weighted by Gasteiger charge is 2.22. The van der Waals surface area contributed by atoms with E-state index in [0.29, 0.717) is 16.5 Å². The minimum absolute atomic E-state index is 0. The van der Waals surface area contributed by atoms with Gasteiger partial charge in [0.05, 0.1) is 5.56 Å².